The molecular formula is C60H106O6. The van der Waals surface area contributed by atoms with Gasteiger partial charge in [0.1, 0.15) is 13.2 Å². The summed E-state index contributed by atoms with van der Waals surface area (Å²) in [5.74, 6) is -0.890. The summed E-state index contributed by atoms with van der Waals surface area (Å²) in [7, 11) is 0. The molecule has 1 atom stereocenters. The topological polar surface area (TPSA) is 78.9 Å². The van der Waals surface area contributed by atoms with Crippen molar-refractivity contribution in [2.24, 2.45) is 0 Å². The standard InChI is InChI=1S/C60H106O6/c1-4-7-10-13-16-18-20-22-24-26-27-28-29-30-31-32-33-35-36-38-40-42-44-47-50-53-59(62)65-56-57(55-64-58(61)52-49-46-15-12-9-6-3)66-60(63)54-51-48-45-43-41-39-37-34-25-23-21-19-17-14-11-8-5-2/h8,11,17,19-20,22-23,25-27,57H,4-7,9-10,12-16,18,21,24,28-56H2,1-3H3/b11-8-,19-17-,22-20-,25-23-,27-26-. The highest BCUT2D eigenvalue weighted by Gasteiger charge is 2.19. The Labute approximate surface area is 409 Å². The van der Waals surface area contributed by atoms with E-state index in [4.69, 9.17) is 14.2 Å². The number of ether oxygens (including phenoxy) is 3. The molecule has 0 saturated heterocycles. The minimum Gasteiger partial charge on any atom is -0.462 e. The minimum atomic E-state index is -0.775. The molecule has 6 heteroatoms. The summed E-state index contributed by atoms with van der Waals surface area (Å²) in [6.45, 7) is 6.47. The first-order valence-electron chi connectivity index (χ1n) is 28.3. The van der Waals surface area contributed by atoms with E-state index in [1.165, 1.54) is 154 Å². The molecule has 0 aliphatic heterocycles. The quantitative estimate of drug-likeness (QED) is 0.0262. The zero-order chi connectivity index (χ0) is 47.9. The van der Waals surface area contributed by atoms with Gasteiger partial charge in [-0.1, -0.05) is 242 Å². The highest BCUT2D eigenvalue weighted by Crippen LogP contribution is 2.16. The molecule has 0 fully saturated rings. The maximum atomic E-state index is 12.8. The van der Waals surface area contributed by atoms with E-state index < -0.39 is 6.10 Å². The van der Waals surface area contributed by atoms with E-state index in [0.29, 0.717) is 19.3 Å². The summed E-state index contributed by atoms with van der Waals surface area (Å²) in [6.07, 6.45) is 68.2. The normalized spacial score (nSPS) is 12.5. The molecule has 0 aromatic heterocycles. The lowest BCUT2D eigenvalue weighted by Gasteiger charge is -2.18. The molecule has 0 aromatic carbocycles. The van der Waals surface area contributed by atoms with Gasteiger partial charge in [-0.25, -0.2) is 0 Å². The molecule has 0 aliphatic carbocycles. The zero-order valence-electron chi connectivity index (χ0n) is 43.7. The number of allylic oxidation sites excluding steroid dienone is 10. The smallest absolute Gasteiger partial charge is 0.306 e. The largest absolute Gasteiger partial charge is 0.462 e. The molecule has 6 nitrogen and oxygen atoms in total. The highest BCUT2D eigenvalue weighted by molar-refractivity contribution is 5.71. The Balaban J connectivity index is 4.11. The van der Waals surface area contributed by atoms with Crippen molar-refractivity contribution in [1.82, 2.24) is 0 Å². The van der Waals surface area contributed by atoms with Crippen LogP contribution >= 0.6 is 0 Å². The van der Waals surface area contributed by atoms with Crippen LogP contribution in [0.25, 0.3) is 0 Å². The third-order valence-corrected chi connectivity index (χ3v) is 12.3. The lowest BCUT2D eigenvalue weighted by atomic mass is 10.0. The first-order chi connectivity index (χ1) is 32.5. The van der Waals surface area contributed by atoms with Crippen molar-refractivity contribution in [3.05, 3.63) is 60.8 Å². The molecule has 66 heavy (non-hydrogen) atoms. The van der Waals surface area contributed by atoms with E-state index in [9.17, 15) is 14.4 Å². The Morgan fingerprint density at radius 3 is 0.924 bits per heavy atom. The van der Waals surface area contributed by atoms with Crippen molar-refractivity contribution in [3.8, 4) is 0 Å². The molecule has 0 N–H and O–H groups in total. The third kappa shape index (κ3) is 52.1. The van der Waals surface area contributed by atoms with Crippen molar-refractivity contribution in [1.29, 1.82) is 0 Å². The molecule has 1 unspecified atom stereocenters. The number of hydrogen-bond donors (Lipinski definition) is 0. The summed E-state index contributed by atoms with van der Waals surface area (Å²) in [6, 6.07) is 0. The van der Waals surface area contributed by atoms with Crippen LogP contribution in [0.15, 0.2) is 60.8 Å². The molecule has 0 heterocycles. The molecule has 0 rings (SSSR count). The second-order valence-electron chi connectivity index (χ2n) is 18.8. The van der Waals surface area contributed by atoms with Crippen LogP contribution in [0.3, 0.4) is 0 Å². The summed E-state index contributed by atoms with van der Waals surface area (Å²) in [5.41, 5.74) is 0. The molecule has 0 bridgehead atoms. The summed E-state index contributed by atoms with van der Waals surface area (Å²) in [4.78, 5) is 37.8. The van der Waals surface area contributed by atoms with Crippen LogP contribution in [0.4, 0.5) is 0 Å². The van der Waals surface area contributed by atoms with Gasteiger partial charge in [0.2, 0.25) is 0 Å². The second-order valence-corrected chi connectivity index (χ2v) is 18.8. The molecule has 0 spiro atoms. The fourth-order valence-electron chi connectivity index (χ4n) is 8.02. The summed E-state index contributed by atoms with van der Waals surface area (Å²) < 4.78 is 16.7. The maximum Gasteiger partial charge on any atom is 0.306 e. The molecule has 0 saturated carbocycles. The van der Waals surface area contributed by atoms with Gasteiger partial charge in [0.15, 0.2) is 6.10 Å². The van der Waals surface area contributed by atoms with Crippen molar-refractivity contribution in [2.45, 2.75) is 290 Å². The Hall–Kier alpha value is -2.89. The fourth-order valence-corrected chi connectivity index (χ4v) is 8.02. The first kappa shape index (κ1) is 63.1. The highest BCUT2D eigenvalue weighted by atomic mass is 16.6. The van der Waals surface area contributed by atoms with Crippen molar-refractivity contribution in [2.75, 3.05) is 13.2 Å². The van der Waals surface area contributed by atoms with Crippen LogP contribution in [0.5, 0.6) is 0 Å². The monoisotopic (exact) mass is 923 g/mol. The van der Waals surface area contributed by atoms with Crippen molar-refractivity contribution < 1.29 is 28.6 Å². The van der Waals surface area contributed by atoms with Crippen LogP contribution in [0.2, 0.25) is 0 Å². The van der Waals surface area contributed by atoms with Crippen LogP contribution < -0.4 is 0 Å². The maximum absolute atomic E-state index is 12.8. The number of unbranched alkanes of at least 4 members (excludes halogenated alkanes) is 30. The predicted molar refractivity (Wildman–Crippen MR) is 284 cm³/mol. The Bertz CT molecular complexity index is 1200. The predicted octanol–water partition coefficient (Wildman–Crippen LogP) is 18.8. The molecule has 0 radical (unpaired) electrons. The number of carbonyl (C=O) groups is 3. The number of esters is 3. The van der Waals surface area contributed by atoms with E-state index in [0.717, 1.165) is 89.9 Å². The lowest BCUT2D eigenvalue weighted by Crippen LogP contribution is -2.30. The van der Waals surface area contributed by atoms with E-state index in [1.807, 2.05) is 0 Å². The molecule has 0 aromatic rings. The van der Waals surface area contributed by atoms with Gasteiger partial charge in [-0.3, -0.25) is 14.4 Å². The number of rotatable bonds is 51. The zero-order valence-corrected chi connectivity index (χ0v) is 43.7. The summed E-state index contributed by atoms with van der Waals surface area (Å²) in [5, 5.41) is 0. The van der Waals surface area contributed by atoms with E-state index in [1.54, 1.807) is 0 Å². The van der Waals surface area contributed by atoms with E-state index in [2.05, 4.69) is 81.5 Å². The van der Waals surface area contributed by atoms with Gasteiger partial charge in [0, 0.05) is 19.3 Å². The van der Waals surface area contributed by atoms with Gasteiger partial charge in [0.05, 0.1) is 0 Å². The Kier molecular flexibility index (Phi) is 52.3. The van der Waals surface area contributed by atoms with Gasteiger partial charge >= 0.3 is 17.9 Å². The Morgan fingerprint density at radius 2 is 0.591 bits per heavy atom. The number of carbonyl (C=O) groups excluding carboxylic acids is 3. The molecule has 382 valence electrons. The molecular weight excluding hydrogens is 817 g/mol. The second kappa shape index (κ2) is 54.7. The van der Waals surface area contributed by atoms with Gasteiger partial charge in [-0.05, 0) is 83.5 Å². The van der Waals surface area contributed by atoms with Crippen molar-refractivity contribution >= 4 is 17.9 Å². The van der Waals surface area contributed by atoms with E-state index >= 15 is 0 Å². The van der Waals surface area contributed by atoms with Crippen LogP contribution in [0.1, 0.15) is 284 Å². The molecule has 0 aliphatic rings. The average Bonchev–Trinajstić information content (AvgIpc) is 3.31. The van der Waals surface area contributed by atoms with Crippen LogP contribution in [-0.2, 0) is 28.6 Å². The Morgan fingerprint density at radius 1 is 0.318 bits per heavy atom. The first-order valence-corrected chi connectivity index (χ1v) is 28.3. The number of hydrogen-bond acceptors (Lipinski definition) is 6. The SMILES string of the molecule is CC/C=C\C/C=C\C/C=C\CCCCCCCCCC(=O)OC(COC(=O)CCCCCCCC)COC(=O)CCCCCCCCCCCCCCC/C=C\C/C=C\CCCCCCC. The van der Waals surface area contributed by atoms with Crippen LogP contribution in [-0.4, -0.2) is 37.2 Å². The average molecular weight is 924 g/mol. The van der Waals surface area contributed by atoms with Gasteiger partial charge in [-0.2, -0.15) is 0 Å². The van der Waals surface area contributed by atoms with Crippen LogP contribution in [0, 0.1) is 0 Å². The van der Waals surface area contributed by atoms with Gasteiger partial charge in [-0.15, -0.1) is 0 Å². The summed E-state index contributed by atoms with van der Waals surface area (Å²) >= 11 is 0. The lowest BCUT2D eigenvalue weighted by molar-refractivity contribution is -0.167. The van der Waals surface area contributed by atoms with Crippen molar-refractivity contribution in [3.63, 3.8) is 0 Å². The third-order valence-electron chi connectivity index (χ3n) is 12.3. The minimum absolute atomic E-state index is 0.0772. The van der Waals surface area contributed by atoms with Gasteiger partial charge < -0.3 is 14.2 Å². The fraction of sp³-hybridized carbons (Fsp3) is 0.783. The van der Waals surface area contributed by atoms with E-state index in [-0.39, 0.29) is 31.1 Å². The van der Waals surface area contributed by atoms with Gasteiger partial charge in [0.25, 0.3) is 0 Å². The molecule has 0 amide bonds.